The fraction of sp³-hybridized carbons (Fsp3) is 0.333. The topological polar surface area (TPSA) is 25.8 Å². The zero-order valence-corrected chi connectivity index (χ0v) is 8.78. The molecule has 0 bridgehead atoms. The minimum atomic E-state index is 0.447. The van der Waals surface area contributed by atoms with Crippen molar-refractivity contribution in [1.29, 1.82) is 0 Å². The van der Waals surface area contributed by atoms with Crippen LogP contribution in [0, 0.1) is 6.92 Å². The minimum Gasteiger partial charge on any atom is -0.240 e. The Balaban J connectivity index is 2.77. The smallest absolute Gasteiger partial charge is 0.116 e. The highest BCUT2D eigenvalue weighted by molar-refractivity contribution is 5.81. The molecule has 1 aromatic carbocycles. The number of rotatable bonds is 1. The van der Waals surface area contributed by atoms with Gasteiger partial charge in [-0.3, -0.25) is 0 Å². The molecule has 2 aromatic rings. The van der Waals surface area contributed by atoms with Crippen molar-refractivity contribution in [3.63, 3.8) is 0 Å². The van der Waals surface area contributed by atoms with E-state index >= 15 is 0 Å². The van der Waals surface area contributed by atoms with E-state index in [2.05, 4.69) is 48.9 Å². The summed E-state index contributed by atoms with van der Waals surface area (Å²) in [6.45, 7) is 6.41. The lowest BCUT2D eigenvalue weighted by atomic mass is 10.0. The first-order valence-corrected chi connectivity index (χ1v) is 4.90. The lowest BCUT2D eigenvalue weighted by Crippen LogP contribution is -1.95. The number of hydrogen-bond acceptors (Lipinski definition) is 2. The summed E-state index contributed by atoms with van der Waals surface area (Å²) in [5.41, 5.74) is 3.43. The standard InChI is InChI=1S/C12H14N2/c1-8(2)12-10-6-9(3)4-5-11(10)13-7-14-12/h4-8H,1-3H3. The summed E-state index contributed by atoms with van der Waals surface area (Å²) in [6, 6.07) is 6.29. The largest absolute Gasteiger partial charge is 0.240 e. The maximum atomic E-state index is 4.34. The average molecular weight is 186 g/mol. The lowest BCUT2D eigenvalue weighted by Gasteiger charge is -2.08. The van der Waals surface area contributed by atoms with Crippen molar-refractivity contribution in [3.05, 3.63) is 35.8 Å². The van der Waals surface area contributed by atoms with Gasteiger partial charge in [0.05, 0.1) is 11.2 Å². The highest BCUT2D eigenvalue weighted by Gasteiger charge is 2.06. The summed E-state index contributed by atoms with van der Waals surface area (Å²) in [4.78, 5) is 8.59. The predicted octanol–water partition coefficient (Wildman–Crippen LogP) is 3.06. The molecule has 0 spiro atoms. The van der Waals surface area contributed by atoms with Gasteiger partial charge in [-0.05, 0) is 25.0 Å². The zero-order chi connectivity index (χ0) is 10.1. The molecular formula is C12H14N2. The molecule has 1 aromatic heterocycles. The predicted molar refractivity (Wildman–Crippen MR) is 58.4 cm³/mol. The highest BCUT2D eigenvalue weighted by atomic mass is 14.8. The summed E-state index contributed by atoms with van der Waals surface area (Å²) < 4.78 is 0. The van der Waals surface area contributed by atoms with E-state index < -0.39 is 0 Å². The van der Waals surface area contributed by atoms with Crippen LogP contribution in [0.1, 0.15) is 31.0 Å². The highest BCUT2D eigenvalue weighted by Crippen LogP contribution is 2.22. The minimum absolute atomic E-state index is 0.447. The number of aryl methyl sites for hydroxylation is 1. The van der Waals surface area contributed by atoms with Gasteiger partial charge >= 0.3 is 0 Å². The van der Waals surface area contributed by atoms with Crippen molar-refractivity contribution in [3.8, 4) is 0 Å². The molecule has 2 nitrogen and oxygen atoms in total. The Kier molecular flexibility index (Phi) is 2.20. The summed E-state index contributed by atoms with van der Waals surface area (Å²) in [5, 5.41) is 1.18. The monoisotopic (exact) mass is 186 g/mol. The molecule has 0 aliphatic heterocycles. The van der Waals surface area contributed by atoms with E-state index in [-0.39, 0.29) is 0 Å². The summed E-state index contributed by atoms with van der Waals surface area (Å²) in [6.07, 6.45) is 1.65. The molecule has 0 atom stereocenters. The average Bonchev–Trinajstić information content (AvgIpc) is 2.16. The fourth-order valence-corrected chi connectivity index (χ4v) is 1.65. The first kappa shape index (κ1) is 9.13. The zero-order valence-electron chi connectivity index (χ0n) is 8.78. The Morgan fingerprint density at radius 2 is 1.93 bits per heavy atom. The third-order valence-electron chi connectivity index (χ3n) is 2.37. The lowest BCUT2D eigenvalue weighted by molar-refractivity contribution is 0.828. The van der Waals surface area contributed by atoms with Gasteiger partial charge in [-0.1, -0.05) is 25.5 Å². The summed E-state index contributed by atoms with van der Waals surface area (Å²) >= 11 is 0. The van der Waals surface area contributed by atoms with Gasteiger partial charge in [0.2, 0.25) is 0 Å². The molecule has 72 valence electrons. The van der Waals surface area contributed by atoms with Crippen LogP contribution in [-0.2, 0) is 0 Å². The van der Waals surface area contributed by atoms with E-state index in [1.54, 1.807) is 6.33 Å². The molecular weight excluding hydrogens is 172 g/mol. The molecule has 0 aliphatic carbocycles. The number of nitrogens with zero attached hydrogens (tertiary/aromatic N) is 2. The molecule has 1 heterocycles. The number of hydrogen-bond donors (Lipinski definition) is 0. The molecule has 0 aliphatic rings. The van der Waals surface area contributed by atoms with Crippen molar-refractivity contribution >= 4 is 10.9 Å². The number of fused-ring (bicyclic) bond motifs is 1. The maximum absolute atomic E-state index is 4.34. The van der Waals surface area contributed by atoms with Crippen molar-refractivity contribution in [2.45, 2.75) is 26.7 Å². The Labute approximate surface area is 84.0 Å². The first-order valence-electron chi connectivity index (χ1n) is 4.90. The van der Waals surface area contributed by atoms with Crippen molar-refractivity contribution < 1.29 is 0 Å². The second-order valence-corrected chi connectivity index (χ2v) is 3.93. The van der Waals surface area contributed by atoms with Crippen LogP contribution in [0.5, 0.6) is 0 Å². The van der Waals surface area contributed by atoms with Crippen LogP contribution >= 0.6 is 0 Å². The van der Waals surface area contributed by atoms with Crippen molar-refractivity contribution in [1.82, 2.24) is 9.97 Å². The molecule has 0 N–H and O–H groups in total. The molecule has 0 amide bonds. The Bertz CT molecular complexity index is 461. The quantitative estimate of drug-likeness (QED) is 0.684. The van der Waals surface area contributed by atoms with Crippen LogP contribution in [0.3, 0.4) is 0 Å². The van der Waals surface area contributed by atoms with Gasteiger partial charge in [-0.25, -0.2) is 9.97 Å². The van der Waals surface area contributed by atoms with Gasteiger partial charge in [0.1, 0.15) is 6.33 Å². The van der Waals surface area contributed by atoms with Crippen LogP contribution in [0.4, 0.5) is 0 Å². The van der Waals surface area contributed by atoms with Crippen LogP contribution in [0.2, 0.25) is 0 Å². The third-order valence-corrected chi connectivity index (χ3v) is 2.37. The van der Waals surface area contributed by atoms with Crippen molar-refractivity contribution in [2.24, 2.45) is 0 Å². The molecule has 0 radical (unpaired) electrons. The first-order chi connectivity index (χ1) is 6.68. The van der Waals surface area contributed by atoms with Crippen LogP contribution in [0.25, 0.3) is 10.9 Å². The van der Waals surface area contributed by atoms with Crippen LogP contribution in [-0.4, -0.2) is 9.97 Å². The van der Waals surface area contributed by atoms with Crippen LogP contribution in [0.15, 0.2) is 24.5 Å². The van der Waals surface area contributed by atoms with E-state index in [4.69, 9.17) is 0 Å². The van der Waals surface area contributed by atoms with E-state index in [1.165, 1.54) is 10.9 Å². The van der Waals surface area contributed by atoms with E-state index in [9.17, 15) is 0 Å². The second-order valence-electron chi connectivity index (χ2n) is 3.93. The van der Waals surface area contributed by atoms with E-state index in [1.807, 2.05) is 0 Å². The molecule has 0 unspecified atom stereocenters. The molecule has 2 rings (SSSR count). The molecule has 0 saturated carbocycles. The van der Waals surface area contributed by atoms with Gasteiger partial charge in [-0.2, -0.15) is 0 Å². The fourth-order valence-electron chi connectivity index (χ4n) is 1.65. The summed E-state index contributed by atoms with van der Waals surface area (Å²) in [7, 11) is 0. The van der Waals surface area contributed by atoms with Gasteiger partial charge < -0.3 is 0 Å². The Morgan fingerprint density at radius 3 is 2.64 bits per heavy atom. The SMILES string of the molecule is Cc1ccc2ncnc(C(C)C)c2c1. The van der Waals surface area contributed by atoms with Gasteiger partial charge in [0.15, 0.2) is 0 Å². The van der Waals surface area contributed by atoms with E-state index in [0.29, 0.717) is 5.92 Å². The molecule has 0 fully saturated rings. The third kappa shape index (κ3) is 1.48. The molecule has 0 saturated heterocycles. The summed E-state index contributed by atoms with van der Waals surface area (Å²) in [5.74, 6) is 0.447. The van der Waals surface area contributed by atoms with Crippen LogP contribution < -0.4 is 0 Å². The van der Waals surface area contributed by atoms with Crippen molar-refractivity contribution in [2.75, 3.05) is 0 Å². The maximum Gasteiger partial charge on any atom is 0.116 e. The Morgan fingerprint density at radius 1 is 1.14 bits per heavy atom. The number of aromatic nitrogens is 2. The molecule has 2 heteroatoms. The Hall–Kier alpha value is -1.44. The normalized spacial score (nSPS) is 11.1. The number of benzene rings is 1. The molecule has 14 heavy (non-hydrogen) atoms. The van der Waals surface area contributed by atoms with Gasteiger partial charge in [-0.15, -0.1) is 0 Å². The van der Waals surface area contributed by atoms with Gasteiger partial charge in [0.25, 0.3) is 0 Å². The van der Waals surface area contributed by atoms with E-state index in [0.717, 1.165) is 11.2 Å². The second kappa shape index (κ2) is 3.37. The van der Waals surface area contributed by atoms with Gasteiger partial charge in [0, 0.05) is 5.39 Å².